The number of carboxylic acid groups (broad SMARTS) is 1. The van der Waals surface area contributed by atoms with Crippen LogP contribution in [-0.4, -0.2) is 68.4 Å². The predicted molar refractivity (Wildman–Crippen MR) is 105 cm³/mol. The minimum atomic E-state index is -1.00. The number of aliphatic carboxylic acids is 1. The van der Waals surface area contributed by atoms with Gasteiger partial charge in [0.1, 0.15) is 6.54 Å². The zero-order chi connectivity index (χ0) is 19.8. The van der Waals surface area contributed by atoms with Crippen LogP contribution in [0, 0.1) is 0 Å². The summed E-state index contributed by atoms with van der Waals surface area (Å²) in [5.74, 6) is -0.753. The van der Waals surface area contributed by atoms with Crippen LogP contribution in [0.1, 0.15) is 71.1 Å². The van der Waals surface area contributed by atoms with Gasteiger partial charge in [0.25, 0.3) is 0 Å². The molecule has 152 valence electrons. The lowest BCUT2D eigenvalue weighted by Gasteiger charge is -2.23. The quantitative estimate of drug-likeness (QED) is 0.391. The molecule has 1 rings (SSSR count). The number of carbonyl (C=O) groups is 2. The summed E-state index contributed by atoms with van der Waals surface area (Å²) in [7, 11) is 5.40. The van der Waals surface area contributed by atoms with Crippen LogP contribution in [-0.2, 0) is 9.59 Å². The van der Waals surface area contributed by atoms with Gasteiger partial charge in [-0.2, -0.15) is 0 Å². The Morgan fingerprint density at radius 1 is 1.00 bits per heavy atom. The van der Waals surface area contributed by atoms with Gasteiger partial charge in [-0.1, -0.05) is 58.3 Å². The molecule has 0 N–H and O–H groups in total. The SMILES string of the molecule is CCCCCCCCCCCC(=O)N1C=NCC1.C[N+](C)(C)CC(=O)[O-]. The number of carbonyl (C=O) groups excluding carboxylic acids is 2. The number of nitrogens with zero attached hydrogens (tertiary/aromatic N) is 3. The van der Waals surface area contributed by atoms with Crippen LogP contribution in [0.2, 0.25) is 0 Å². The van der Waals surface area contributed by atoms with Crippen molar-refractivity contribution in [1.29, 1.82) is 0 Å². The molecule has 0 spiro atoms. The number of quaternary nitrogens is 1. The van der Waals surface area contributed by atoms with Gasteiger partial charge in [-0.25, -0.2) is 0 Å². The molecule has 0 bridgehead atoms. The summed E-state index contributed by atoms with van der Waals surface area (Å²) < 4.78 is 0.419. The maximum atomic E-state index is 11.7. The summed E-state index contributed by atoms with van der Waals surface area (Å²) in [6, 6.07) is 0. The Labute approximate surface area is 159 Å². The molecule has 0 aliphatic carbocycles. The van der Waals surface area contributed by atoms with Gasteiger partial charge in [-0.3, -0.25) is 9.79 Å². The zero-order valence-electron chi connectivity index (χ0n) is 17.3. The Balaban J connectivity index is 0.000000660. The number of carboxylic acids is 1. The number of likely N-dealkylation sites (N-methyl/N-ethyl adjacent to an activating group) is 1. The van der Waals surface area contributed by atoms with Crippen molar-refractivity contribution in [3.05, 3.63) is 0 Å². The van der Waals surface area contributed by atoms with E-state index in [0.717, 1.165) is 19.5 Å². The number of hydrogen-bond donors (Lipinski definition) is 0. The van der Waals surface area contributed by atoms with Crippen molar-refractivity contribution < 1.29 is 19.2 Å². The molecule has 1 amide bonds. The van der Waals surface area contributed by atoms with Gasteiger partial charge in [0.05, 0.1) is 40.0 Å². The van der Waals surface area contributed by atoms with Crippen molar-refractivity contribution in [3.8, 4) is 0 Å². The number of hydrogen-bond acceptors (Lipinski definition) is 4. The van der Waals surface area contributed by atoms with Crippen LogP contribution < -0.4 is 5.11 Å². The smallest absolute Gasteiger partial charge is 0.227 e. The molecule has 6 heteroatoms. The minimum absolute atomic E-state index is 0.0694. The molecular formula is C20H39N3O3. The molecule has 1 aliphatic rings. The Morgan fingerprint density at radius 2 is 1.54 bits per heavy atom. The highest BCUT2D eigenvalue weighted by Gasteiger charge is 2.13. The van der Waals surface area contributed by atoms with Crippen LogP contribution in [0.25, 0.3) is 0 Å². The van der Waals surface area contributed by atoms with E-state index in [0.29, 0.717) is 10.9 Å². The summed E-state index contributed by atoms with van der Waals surface area (Å²) in [4.78, 5) is 27.4. The maximum Gasteiger partial charge on any atom is 0.227 e. The lowest BCUT2D eigenvalue weighted by atomic mass is 10.1. The summed E-state index contributed by atoms with van der Waals surface area (Å²) in [6.07, 6.45) is 14.1. The average molecular weight is 370 g/mol. The van der Waals surface area contributed by atoms with Crippen LogP contribution in [0.5, 0.6) is 0 Å². The Bertz CT molecular complexity index is 417. The van der Waals surface area contributed by atoms with Gasteiger partial charge in [0.15, 0.2) is 0 Å². The second-order valence-corrected chi connectivity index (χ2v) is 8.01. The van der Waals surface area contributed by atoms with Gasteiger partial charge in [0.2, 0.25) is 5.91 Å². The highest BCUT2D eigenvalue weighted by Crippen LogP contribution is 2.11. The average Bonchev–Trinajstić information content (AvgIpc) is 3.06. The van der Waals surface area contributed by atoms with Gasteiger partial charge in [-0.15, -0.1) is 0 Å². The van der Waals surface area contributed by atoms with E-state index in [9.17, 15) is 14.7 Å². The van der Waals surface area contributed by atoms with Crippen molar-refractivity contribution in [1.82, 2.24) is 4.90 Å². The van der Waals surface area contributed by atoms with E-state index in [1.165, 1.54) is 51.4 Å². The number of unbranched alkanes of at least 4 members (excludes halogenated alkanes) is 8. The lowest BCUT2D eigenvalue weighted by molar-refractivity contribution is -0.864. The molecule has 0 unspecified atom stereocenters. The maximum absolute atomic E-state index is 11.7. The third-order valence-corrected chi connectivity index (χ3v) is 4.11. The fourth-order valence-corrected chi connectivity index (χ4v) is 2.69. The van der Waals surface area contributed by atoms with Crippen LogP contribution >= 0.6 is 0 Å². The molecule has 0 saturated carbocycles. The fraction of sp³-hybridized carbons (Fsp3) is 0.850. The van der Waals surface area contributed by atoms with E-state index in [2.05, 4.69) is 11.9 Å². The van der Waals surface area contributed by atoms with E-state index < -0.39 is 5.97 Å². The minimum Gasteiger partial charge on any atom is -0.544 e. The first-order chi connectivity index (χ1) is 12.3. The van der Waals surface area contributed by atoms with Crippen molar-refractivity contribution in [3.63, 3.8) is 0 Å². The van der Waals surface area contributed by atoms with E-state index in [4.69, 9.17) is 0 Å². The Kier molecular flexibility index (Phi) is 13.9. The number of amides is 1. The molecule has 0 aromatic rings. The topological polar surface area (TPSA) is 72.8 Å². The van der Waals surface area contributed by atoms with Crippen LogP contribution in [0.15, 0.2) is 4.99 Å². The van der Waals surface area contributed by atoms with Gasteiger partial charge < -0.3 is 19.3 Å². The summed E-state index contributed by atoms with van der Waals surface area (Å²) in [5.41, 5.74) is 0. The third kappa shape index (κ3) is 16.1. The highest BCUT2D eigenvalue weighted by molar-refractivity contribution is 5.88. The Morgan fingerprint density at radius 3 is 1.92 bits per heavy atom. The lowest BCUT2D eigenvalue weighted by Crippen LogP contribution is -2.45. The van der Waals surface area contributed by atoms with Crippen molar-refractivity contribution >= 4 is 18.2 Å². The highest BCUT2D eigenvalue weighted by atomic mass is 16.4. The Hall–Kier alpha value is -1.43. The fourth-order valence-electron chi connectivity index (χ4n) is 2.69. The molecule has 26 heavy (non-hydrogen) atoms. The first-order valence-electron chi connectivity index (χ1n) is 10.1. The second-order valence-electron chi connectivity index (χ2n) is 8.01. The monoisotopic (exact) mass is 369 g/mol. The second kappa shape index (κ2) is 14.7. The first kappa shape index (κ1) is 24.6. The van der Waals surface area contributed by atoms with Gasteiger partial charge in [-0.05, 0) is 6.42 Å². The molecule has 0 aromatic carbocycles. The van der Waals surface area contributed by atoms with Crippen molar-refractivity contribution in [2.75, 3.05) is 40.8 Å². The summed E-state index contributed by atoms with van der Waals surface area (Å²) in [5, 5.41) is 9.89. The molecule has 0 radical (unpaired) electrons. The first-order valence-corrected chi connectivity index (χ1v) is 10.1. The largest absolute Gasteiger partial charge is 0.544 e. The van der Waals surface area contributed by atoms with Crippen molar-refractivity contribution in [2.45, 2.75) is 71.1 Å². The molecule has 0 atom stereocenters. The van der Waals surface area contributed by atoms with Crippen molar-refractivity contribution in [2.24, 2.45) is 4.99 Å². The van der Waals surface area contributed by atoms with E-state index >= 15 is 0 Å². The normalized spacial score (nSPS) is 13.5. The molecule has 6 nitrogen and oxygen atoms in total. The van der Waals surface area contributed by atoms with Crippen LogP contribution in [0.4, 0.5) is 0 Å². The van der Waals surface area contributed by atoms with E-state index in [1.807, 2.05) is 0 Å². The van der Waals surface area contributed by atoms with E-state index in [1.54, 1.807) is 32.4 Å². The summed E-state index contributed by atoms with van der Waals surface area (Å²) in [6.45, 7) is 3.89. The predicted octanol–water partition coefficient (Wildman–Crippen LogP) is 2.22. The van der Waals surface area contributed by atoms with Gasteiger partial charge >= 0.3 is 0 Å². The third-order valence-electron chi connectivity index (χ3n) is 4.11. The van der Waals surface area contributed by atoms with Crippen LogP contribution in [0.3, 0.4) is 0 Å². The molecular weight excluding hydrogens is 330 g/mol. The molecule has 1 heterocycles. The van der Waals surface area contributed by atoms with Gasteiger partial charge in [0, 0.05) is 13.0 Å². The van der Waals surface area contributed by atoms with E-state index in [-0.39, 0.29) is 12.5 Å². The summed E-state index contributed by atoms with van der Waals surface area (Å²) >= 11 is 0. The molecule has 0 saturated heterocycles. The molecule has 1 aliphatic heterocycles. The number of rotatable bonds is 12. The molecule has 0 aromatic heterocycles. The zero-order valence-corrected chi connectivity index (χ0v) is 17.3. The number of aliphatic imine (C=N–C) groups is 1. The molecule has 0 fully saturated rings. The standard InChI is InChI=1S/C15H28N2O.C5H11NO2/c1-2-3-4-5-6-7-8-9-10-11-15(18)17-13-12-16-14-17;1-6(2,3)4-5(7)8/h14H,2-13H2,1H3;4H2,1-3H3.